The van der Waals surface area contributed by atoms with Gasteiger partial charge in [0, 0.05) is 60.9 Å². The minimum atomic E-state index is 0. The summed E-state index contributed by atoms with van der Waals surface area (Å²) in [5, 5.41) is 9.99. The van der Waals surface area contributed by atoms with Crippen molar-refractivity contribution in [3.05, 3.63) is 68.2 Å². The molecule has 2 aromatic carbocycles. The number of nitrogens with zero attached hydrogens (tertiary/aromatic N) is 3. The fourth-order valence-corrected chi connectivity index (χ4v) is 5.25. The molecule has 6 rings (SSSR count). The van der Waals surface area contributed by atoms with Crippen molar-refractivity contribution < 1.29 is 51.4 Å². The minimum Gasteiger partial charge on any atom is -0.680 e. The molecule has 0 bridgehead atoms. The molecular formula is C26H29ClKN5O. The number of anilines is 2. The second-order valence-electron chi connectivity index (χ2n) is 9.48. The first-order valence-corrected chi connectivity index (χ1v) is 12.4. The molecule has 3 aliphatic rings. The summed E-state index contributed by atoms with van der Waals surface area (Å²) in [5.41, 5.74) is 6.22. The van der Waals surface area contributed by atoms with Gasteiger partial charge in [0.1, 0.15) is 0 Å². The predicted molar refractivity (Wildman–Crippen MR) is 136 cm³/mol. The molecule has 1 aromatic heterocycles. The number of benzene rings is 2. The van der Waals surface area contributed by atoms with Gasteiger partial charge in [-0.3, -0.25) is 9.69 Å². The van der Waals surface area contributed by atoms with E-state index in [0.29, 0.717) is 6.04 Å². The van der Waals surface area contributed by atoms with Gasteiger partial charge in [-0.2, -0.15) is 0 Å². The van der Waals surface area contributed by atoms with Gasteiger partial charge in [-0.1, -0.05) is 42.6 Å². The van der Waals surface area contributed by atoms with Gasteiger partial charge in [0.2, 0.25) is 0 Å². The molecule has 2 fully saturated rings. The van der Waals surface area contributed by atoms with Crippen LogP contribution in [0.5, 0.6) is 0 Å². The maximum atomic E-state index is 12.5. The van der Waals surface area contributed by atoms with Crippen molar-refractivity contribution in [1.82, 2.24) is 9.88 Å². The summed E-state index contributed by atoms with van der Waals surface area (Å²) in [5.74, 6) is 0. The van der Waals surface area contributed by atoms with Crippen LogP contribution in [0.25, 0.3) is 16.2 Å². The average molecular weight is 502 g/mol. The SMILES string of the molecule is O=c1[nH]c2cc(CN3CCN(c4ccc([N-]C5CC5)c(Cl)c4)CC3)ccc2c2c1CCCN2.[K+]. The molecule has 3 heterocycles. The average Bonchev–Trinajstić information content (AvgIpc) is 3.65. The van der Waals surface area contributed by atoms with E-state index in [4.69, 9.17) is 11.6 Å². The van der Waals surface area contributed by atoms with Gasteiger partial charge in [0.25, 0.3) is 5.56 Å². The number of halogens is 1. The zero-order valence-corrected chi connectivity index (χ0v) is 23.6. The molecule has 0 radical (unpaired) electrons. The van der Waals surface area contributed by atoms with Crippen molar-refractivity contribution >= 4 is 39.6 Å². The van der Waals surface area contributed by atoms with E-state index in [1.54, 1.807) is 0 Å². The Labute approximate surface area is 247 Å². The van der Waals surface area contributed by atoms with Gasteiger partial charge in [-0.25, -0.2) is 0 Å². The van der Waals surface area contributed by atoms with Crippen LogP contribution in [0.1, 0.15) is 30.4 Å². The van der Waals surface area contributed by atoms with Crippen LogP contribution < -0.4 is 67.2 Å². The Morgan fingerprint density at radius 1 is 1.06 bits per heavy atom. The number of rotatable bonds is 5. The largest absolute Gasteiger partial charge is 1.00 e. The number of fused-ring (bicyclic) bond motifs is 3. The van der Waals surface area contributed by atoms with E-state index in [9.17, 15) is 4.79 Å². The molecule has 0 unspecified atom stereocenters. The van der Waals surface area contributed by atoms with Crippen LogP contribution in [-0.4, -0.2) is 48.6 Å². The topological polar surface area (TPSA) is 65.5 Å². The molecule has 1 saturated carbocycles. The number of piperazine rings is 1. The summed E-state index contributed by atoms with van der Waals surface area (Å²) >= 11 is 6.50. The van der Waals surface area contributed by atoms with Crippen LogP contribution in [0, 0.1) is 0 Å². The monoisotopic (exact) mass is 501 g/mol. The van der Waals surface area contributed by atoms with E-state index >= 15 is 0 Å². The molecule has 34 heavy (non-hydrogen) atoms. The maximum Gasteiger partial charge on any atom is 1.00 e. The number of aromatic amines is 1. The zero-order chi connectivity index (χ0) is 22.4. The molecule has 8 heteroatoms. The number of hydrogen-bond acceptors (Lipinski definition) is 4. The van der Waals surface area contributed by atoms with Crippen LogP contribution >= 0.6 is 11.6 Å². The molecular weight excluding hydrogens is 473 g/mol. The number of hydrogen-bond donors (Lipinski definition) is 2. The van der Waals surface area contributed by atoms with Gasteiger partial charge in [0.05, 0.1) is 11.2 Å². The molecule has 1 saturated heterocycles. The maximum absolute atomic E-state index is 12.5. The Morgan fingerprint density at radius 3 is 2.65 bits per heavy atom. The Hall–Kier alpha value is -1.06. The molecule has 0 amide bonds. The number of nitrogens with one attached hydrogen (secondary N) is 2. The Balaban J connectivity index is 0.00000241. The summed E-state index contributed by atoms with van der Waals surface area (Å²) in [6.07, 6.45) is 4.24. The Morgan fingerprint density at radius 2 is 1.88 bits per heavy atom. The van der Waals surface area contributed by atoms with Crippen molar-refractivity contribution in [3.8, 4) is 0 Å². The number of pyridine rings is 1. The summed E-state index contributed by atoms with van der Waals surface area (Å²) in [7, 11) is 0. The number of H-pyrrole nitrogens is 1. The van der Waals surface area contributed by atoms with E-state index in [-0.39, 0.29) is 56.9 Å². The first-order valence-electron chi connectivity index (χ1n) is 12.0. The van der Waals surface area contributed by atoms with Gasteiger partial charge in [0.15, 0.2) is 0 Å². The molecule has 0 spiro atoms. The summed E-state index contributed by atoms with van der Waals surface area (Å²) in [6, 6.07) is 13.2. The third kappa shape index (κ3) is 5.21. The second kappa shape index (κ2) is 10.5. The van der Waals surface area contributed by atoms with Crippen LogP contribution in [-0.2, 0) is 13.0 Å². The smallest absolute Gasteiger partial charge is 0.680 e. The normalized spacial score (nSPS) is 18.2. The Kier molecular flexibility index (Phi) is 7.61. The Bertz CT molecular complexity index is 1250. The molecule has 172 valence electrons. The van der Waals surface area contributed by atoms with Gasteiger partial charge < -0.3 is 20.5 Å². The summed E-state index contributed by atoms with van der Waals surface area (Å²) in [4.78, 5) is 20.5. The first kappa shape index (κ1) is 24.6. The van der Waals surface area contributed by atoms with Crippen molar-refractivity contribution in [2.45, 2.75) is 38.3 Å². The molecule has 0 atom stereocenters. The minimum absolute atomic E-state index is 0. The second-order valence-corrected chi connectivity index (χ2v) is 9.88. The molecule has 2 aliphatic heterocycles. The van der Waals surface area contributed by atoms with E-state index in [1.807, 2.05) is 0 Å². The first-order chi connectivity index (χ1) is 16.1. The van der Waals surface area contributed by atoms with Crippen LogP contribution in [0.15, 0.2) is 41.2 Å². The fourth-order valence-electron chi connectivity index (χ4n) is 5.02. The third-order valence-electron chi connectivity index (χ3n) is 7.03. The summed E-state index contributed by atoms with van der Waals surface area (Å²) < 4.78 is 0. The fraction of sp³-hybridized carbons (Fsp3) is 0.423. The summed E-state index contributed by atoms with van der Waals surface area (Å²) in [6.45, 7) is 5.74. The molecule has 6 nitrogen and oxygen atoms in total. The van der Waals surface area contributed by atoms with E-state index in [2.05, 4.69) is 61.8 Å². The van der Waals surface area contributed by atoms with Gasteiger partial charge in [-0.05, 0) is 36.6 Å². The van der Waals surface area contributed by atoms with Gasteiger partial charge in [-0.15, -0.1) is 11.7 Å². The molecule has 3 aromatic rings. The van der Waals surface area contributed by atoms with Crippen LogP contribution in [0.4, 0.5) is 17.1 Å². The van der Waals surface area contributed by atoms with E-state index < -0.39 is 0 Å². The van der Waals surface area contributed by atoms with Crippen molar-refractivity contribution in [3.63, 3.8) is 0 Å². The zero-order valence-electron chi connectivity index (χ0n) is 19.7. The van der Waals surface area contributed by atoms with Crippen LogP contribution in [0.2, 0.25) is 5.02 Å². The van der Waals surface area contributed by atoms with Crippen molar-refractivity contribution in [1.29, 1.82) is 0 Å². The van der Waals surface area contributed by atoms with E-state index in [1.165, 1.54) is 24.1 Å². The van der Waals surface area contributed by atoms with Gasteiger partial charge >= 0.3 is 51.4 Å². The van der Waals surface area contributed by atoms with Crippen molar-refractivity contribution in [2.24, 2.45) is 0 Å². The van der Waals surface area contributed by atoms with Crippen LogP contribution in [0.3, 0.4) is 0 Å². The quantitative estimate of drug-likeness (QED) is 0.525. The van der Waals surface area contributed by atoms with Crippen molar-refractivity contribution in [2.75, 3.05) is 42.9 Å². The standard InChI is InChI=1S/C26H29ClN5O.K/c27-22-15-19(6-8-23(22)29-18-4-5-18)32-12-10-31(11-13-32)16-17-3-7-20-24(14-17)30-26(33)21-2-1-9-28-25(20)21;/h3,6-8,14-15,18H,1-2,4-5,9-13,16H2,(H2,28,30,33);/q-1;+1. The molecule has 1 aliphatic carbocycles. The molecule has 2 N–H and O–H groups in total. The third-order valence-corrected chi connectivity index (χ3v) is 7.33. The predicted octanol–water partition coefficient (Wildman–Crippen LogP) is 2.03. The number of aromatic nitrogens is 1. The van der Waals surface area contributed by atoms with E-state index in [0.717, 1.165) is 85.0 Å².